The quantitative estimate of drug-likeness (QED) is 0.293. The average Bonchev–Trinajstić information content (AvgIpc) is 2.68. The third-order valence-electron chi connectivity index (χ3n) is 2.77. The number of rotatable bonds is 4. The van der Waals surface area contributed by atoms with Crippen LogP contribution in [0.4, 0.5) is 0 Å². The maximum Gasteiger partial charge on any atom is 0.156 e. The van der Waals surface area contributed by atoms with Crippen LogP contribution in [0.15, 0.2) is 5.16 Å². The number of oxime groups is 1. The van der Waals surface area contributed by atoms with E-state index in [9.17, 15) is 0 Å². The Bertz CT molecular complexity index is 202. The third kappa shape index (κ3) is 2.85. The van der Waals surface area contributed by atoms with Gasteiger partial charge in [0.25, 0.3) is 0 Å². The predicted octanol–water partition coefficient (Wildman–Crippen LogP) is 0.0896. The molecule has 1 rings (SSSR count). The van der Waals surface area contributed by atoms with Crippen LogP contribution >= 0.6 is 0 Å². The first-order chi connectivity index (χ1) is 6.65. The standard InChI is InChI=1S/C9H19N3O2/c1-7(9(10)11-13)12(2)5-8-3-4-14-6-8/h7-8,13H,3-6H2,1-2H3,(H2,10,11). The van der Waals surface area contributed by atoms with Crippen molar-refractivity contribution in [1.29, 1.82) is 0 Å². The molecule has 82 valence electrons. The van der Waals surface area contributed by atoms with E-state index in [0.29, 0.717) is 5.92 Å². The lowest BCUT2D eigenvalue weighted by atomic mass is 10.1. The summed E-state index contributed by atoms with van der Waals surface area (Å²) in [5, 5.41) is 11.5. The van der Waals surface area contributed by atoms with Gasteiger partial charge in [0.05, 0.1) is 12.6 Å². The van der Waals surface area contributed by atoms with Crippen molar-refractivity contribution in [3.63, 3.8) is 0 Å². The first-order valence-electron chi connectivity index (χ1n) is 4.90. The highest BCUT2D eigenvalue weighted by Gasteiger charge is 2.21. The summed E-state index contributed by atoms with van der Waals surface area (Å²) in [4.78, 5) is 2.08. The van der Waals surface area contributed by atoms with Gasteiger partial charge in [-0.05, 0) is 26.3 Å². The van der Waals surface area contributed by atoms with Gasteiger partial charge < -0.3 is 15.7 Å². The van der Waals surface area contributed by atoms with E-state index in [1.54, 1.807) is 0 Å². The molecule has 0 saturated carbocycles. The van der Waals surface area contributed by atoms with E-state index in [-0.39, 0.29) is 11.9 Å². The minimum Gasteiger partial charge on any atom is -0.409 e. The molecule has 14 heavy (non-hydrogen) atoms. The van der Waals surface area contributed by atoms with Crippen LogP contribution < -0.4 is 5.73 Å². The number of ether oxygens (including phenoxy) is 1. The Balaban J connectivity index is 2.36. The van der Waals surface area contributed by atoms with Crippen molar-refractivity contribution in [2.75, 3.05) is 26.8 Å². The Kier molecular flexibility index (Phi) is 4.16. The highest BCUT2D eigenvalue weighted by atomic mass is 16.5. The van der Waals surface area contributed by atoms with Crippen LogP contribution in [0.2, 0.25) is 0 Å². The van der Waals surface area contributed by atoms with Gasteiger partial charge >= 0.3 is 0 Å². The summed E-state index contributed by atoms with van der Waals surface area (Å²) in [6, 6.07) is -0.0272. The maximum absolute atomic E-state index is 8.53. The lowest BCUT2D eigenvalue weighted by Crippen LogP contribution is -2.42. The van der Waals surface area contributed by atoms with Crippen LogP contribution in [0.1, 0.15) is 13.3 Å². The SMILES string of the molecule is CC(C(N)=NO)N(C)CC1CCOC1. The fourth-order valence-electron chi connectivity index (χ4n) is 1.60. The van der Waals surface area contributed by atoms with E-state index < -0.39 is 0 Å². The van der Waals surface area contributed by atoms with Crippen LogP contribution in [0, 0.1) is 5.92 Å². The van der Waals surface area contributed by atoms with Gasteiger partial charge in [-0.25, -0.2) is 0 Å². The van der Waals surface area contributed by atoms with Crippen LogP contribution in [0.5, 0.6) is 0 Å². The molecule has 1 fully saturated rings. The number of amidine groups is 1. The number of hydrogen-bond donors (Lipinski definition) is 2. The summed E-state index contributed by atoms with van der Waals surface area (Å²) in [5.41, 5.74) is 5.52. The molecule has 0 radical (unpaired) electrons. The van der Waals surface area contributed by atoms with E-state index in [1.807, 2.05) is 14.0 Å². The van der Waals surface area contributed by atoms with Crippen molar-refractivity contribution in [2.24, 2.45) is 16.8 Å². The van der Waals surface area contributed by atoms with Crippen LogP contribution in [-0.4, -0.2) is 48.8 Å². The molecule has 5 nitrogen and oxygen atoms in total. The molecule has 1 heterocycles. The minimum absolute atomic E-state index is 0.0272. The van der Waals surface area contributed by atoms with Crippen LogP contribution in [0.3, 0.4) is 0 Å². The second-order valence-electron chi connectivity index (χ2n) is 3.87. The molecule has 0 aliphatic carbocycles. The highest BCUT2D eigenvalue weighted by Crippen LogP contribution is 2.14. The zero-order chi connectivity index (χ0) is 10.6. The zero-order valence-electron chi connectivity index (χ0n) is 8.81. The van der Waals surface area contributed by atoms with Crippen molar-refractivity contribution in [3.8, 4) is 0 Å². The second-order valence-corrected chi connectivity index (χ2v) is 3.87. The van der Waals surface area contributed by atoms with Crippen LogP contribution in [-0.2, 0) is 4.74 Å². The van der Waals surface area contributed by atoms with E-state index in [4.69, 9.17) is 15.7 Å². The molecule has 0 aromatic heterocycles. The monoisotopic (exact) mass is 201 g/mol. The number of hydrogen-bond acceptors (Lipinski definition) is 4. The number of nitrogens with zero attached hydrogens (tertiary/aromatic N) is 2. The molecule has 3 N–H and O–H groups in total. The van der Waals surface area contributed by atoms with E-state index in [0.717, 1.165) is 26.2 Å². The molecular formula is C9H19N3O2. The predicted molar refractivity (Wildman–Crippen MR) is 54.4 cm³/mol. The number of likely N-dealkylation sites (N-methyl/N-ethyl adjacent to an activating group) is 1. The molecule has 1 aliphatic heterocycles. The molecule has 2 atom stereocenters. The second kappa shape index (κ2) is 5.17. The van der Waals surface area contributed by atoms with Crippen molar-refractivity contribution in [1.82, 2.24) is 4.90 Å². The normalized spacial score (nSPS) is 25.6. The van der Waals surface area contributed by atoms with Gasteiger partial charge in [-0.2, -0.15) is 0 Å². The molecular weight excluding hydrogens is 182 g/mol. The molecule has 5 heteroatoms. The Hall–Kier alpha value is -0.810. The molecule has 0 bridgehead atoms. The Labute approximate surface area is 84.5 Å². The first-order valence-corrected chi connectivity index (χ1v) is 4.90. The topological polar surface area (TPSA) is 71.1 Å². The highest BCUT2D eigenvalue weighted by molar-refractivity contribution is 5.84. The van der Waals surface area contributed by atoms with Gasteiger partial charge in [0, 0.05) is 13.2 Å². The van der Waals surface area contributed by atoms with Gasteiger partial charge in [0.1, 0.15) is 0 Å². The van der Waals surface area contributed by atoms with Crippen molar-refractivity contribution in [3.05, 3.63) is 0 Å². The fraction of sp³-hybridized carbons (Fsp3) is 0.889. The molecule has 0 aromatic carbocycles. The summed E-state index contributed by atoms with van der Waals surface area (Å²) in [5.74, 6) is 0.834. The summed E-state index contributed by atoms with van der Waals surface area (Å²) in [6.45, 7) is 4.53. The molecule has 0 aromatic rings. The summed E-state index contributed by atoms with van der Waals surface area (Å²) in [7, 11) is 1.97. The van der Waals surface area contributed by atoms with E-state index in [1.165, 1.54) is 0 Å². The summed E-state index contributed by atoms with van der Waals surface area (Å²) < 4.78 is 5.29. The summed E-state index contributed by atoms with van der Waals surface area (Å²) >= 11 is 0. The van der Waals surface area contributed by atoms with Crippen molar-refractivity contribution in [2.45, 2.75) is 19.4 Å². The lowest BCUT2D eigenvalue weighted by molar-refractivity contribution is 0.171. The largest absolute Gasteiger partial charge is 0.409 e. The van der Waals surface area contributed by atoms with Gasteiger partial charge in [0.15, 0.2) is 5.84 Å². The Morgan fingerprint density at radius 2 is 2.50 bits per heavy atom. The maximum atomic E-state index is 8.53. The van der Waals surface area contributed by atoms with Gasteiger partial charge in [0.2, 0.25) is 0 Å². The van der Waals surface area contributed by atoms with Crippen molar-refractivity contribution < 1.29 is 9.94 Å². The molecule has 1 saturated heterocycles. The average molecular weight is 201 g/mol. The Morgan fingerprint density at radius 1 is 1.79 bits per heavy atom. The van der Waals surface area contributed by atoms with Gasteiger partial charge in [-0.3, -0.25) is 4.90 Å². The van der Waals surface area contributed by atoms with E-state index in [2.05, 4.69) is 10.1 Å². The minimum atomic E-state index is -0.0272. The third-order valence-corrected chi connectivity index (χ3v) is 2.77. The molecule has 0 spiro atoms. The first kappa shape index (κ1) is 11.3. The zero-order valence-corrected chi connectivity index (χ0v) is 8.81. The van der Waals surface area contributed by atoms with E-state index >= 15 is 0 Å². The molecule has 2 unspecified atom stereocenters. The lowest BCUT2D eigenvalue weighted by Gasteiger charge is -2.25. The van der Waals surface area contributed by atoms with Crippen molar-refractivity contribution >= 4 is 5.84 Å². The fourth-order valence-corrected chi connectivity index (χ4v) is 1.60. The van der Waals surface area contributed by atoms with Gasteiger partial charge in [-0.15, -0.1) is 0 Å². The Morgan fingerprint density at radius 3 is 3.00 bits per heavy atom. The smallest absolute Gasteiger partial charge is 0.156 e. The summed E-state index contributed by atoms with van der Waals surface area (Å²) in [6.07, 6.45) is 1.10. The van der Waals surface area contributed by atoms with Gasteiger partial charge in [-0.1, -0.05) is 5.16 Å². The van der Waals surface area contributed by atoms with Crippen LogP contribution in [0.25, 0.3) is 0 Å². The number of nitrogens with two attached hydrogens (primary N) is 1. The molecule has 0 amide bonds. The molecule has 1 aliphatic rings.